The van der Waals surface area contributed by atoms with Crippen LogP contribution in [0.3, 0.4) is 0 Å². The molecule has 0 heteroatoms. The van der Waals surface area contributed by atoms with Crippen molar-refractivity contribution in [3.63, 3.8) is 0 Å². The van der Waals surface area contributed by atoms with E-state index in [1.165, 1.54) is 32.1 Å². The van der Waals surface area contributed by atoms with Gasteiger partial charge in [0.15, 0.2) is 0 Å². The third kappa shape index (κ3) is 2.50. The summed E-state index contributed by atoms with van der Waals surface area (Å²) < 4.78 is 0. The van der Waals surface area contributed by atoms with Gasteiger partial charge in [0.1, 0.15) is 0 Å². The van der Waals surface area contributed by atoms with Crippen molar-refractivity contribution >= 4 is 0 Å². The molecule has 0 nitrogen and oxygen atoms in total. The van der Waals surface area contributed by atoms with E-state index >= 15 is 0 Å². The van der Waals surface area contributed by atoms with Crippen LogP contribution in [0.1, 0.15) is 59.8 Å². The zero-order chi connectivity index (χ0) is 9.19. The van der Waals surface area contributed by atoms with Crippen molar-refractivity contribution in [3.8, 4) is 0 Å². The molecule has 1 aliphatic rings. The Hall–Kier alpha value is 0. The van der Waals surface area contributed by atoms with E-state index in [9.17, 15) is 0 Å². The summed E-state index contributed by atoms with van der Waals surface area (Å²) in [6.45, 7) is 9.51. The fourth-order valence-corrected chi connectivity index (χ4v) is 2.64. The van der Waals surface area contributed by atoms with Crippen molar-refractivity contribution in [3.05, 3.63) is 0 Å². The number of hydrogen-bond acceptors (Lipinski definition) is 0. The Morgan fingerprint density at radius 3 is 2.50 bits per heavy atom. The predicted octanol–water partition coefficient (Wildman–Crippen LogP) is 4.25. The van der Waals surface area contributed by atoms with Crippen LogP contribution < -0.4 is 0 Å². The molecule has 0 heterocycles. The smallest absolute Gasteiger partial charge is 0.0326 e. The van der Waals surface area contributed by atoms with E-state index in [2.05, 4.69) is 27.7 Å². The molecule has 0 bridgehead atoms. The normalized spacial score (nSPS) is 36.2. The number of rotatable bonds is 3. The maximum atomic E-state index is 2.47. The molecule has 1 aliphatic carbocycles. The molecule has 0 aromatic heterocycles. The highest BCUT2D eigenvalue weighted by molar-refractivity contribution is 4.84. The molecule has 1 saturated carbocycles. The molecular weight excluding hydrogens is 144 g/mol. The average molecular weight is 168 g/mol. The molecule has 0 aromatic rings. The van der Waals surface area contributed by atoms with Gasteiger partial charge in [-0.3, -0.25) is 0 Å². The second kappa shape index (κ2) is 3.81. The van der Waals surface area contributed by atoms with E-state index < -0.39 is 0 Å². The van der Waals surface area contributed by atoms with Crippen LogP contribution >= 0.6 is 0 Å². The standard InChI is InChI=1S/C12H24/c1-5-12(4)7-6-11(9-12)8-10(2)3/h10-11H,5-9H2,1-4H3. The first-order valence-corrected chi connectivity index (χ1v) is 5.56. The van der Waals surface area contributed by atoms with Crippen LogP contribution in [0.15, 0.2) is 0 Å². The molecule has 0 spiro atoms. The van der Waals surface area contributed by atoms with Gasteiger partial charge in [0.2, 0.25) is 0 Å². The van der Waals surface area contributed by atoms with E-state index in [0.717, 1.165) is 11.8 Å². The minimum atomic E-state index is 0.694. The lowest BCUT2D eigenvalue weighted by Crippen LogP contribution is -2.10. The third-order valence-electron chi connectivity index (χ3n) is 3.60. The first kappa shape index (κ1) is 10.1. The highest BCUT2D eigenvalue weighted by atomic mass is 14.4. The minimum absolute atomic E-state index is 0.694. The molecule has 2 atom stereocenters. The lowest BCUT2D eigenvalue weighted by atomic mass is 9.84. The molecule has 1 fully saturated rings. The Bertz CT molecular complexity index is 137. The fraction of sp³-hybridized carbons (Fsp3) is 1.00. The summed E-state index contributed by atoms with van der Waals surface area (Å²) in [7, 11) is 0. The SMILES string of the molecule is CCC1(C)CCC(CC(C)C)C1. The summed E-state index contributed by atoms with van der Waals surface area (Å²) in [5.74, 6) is 1.93. The molecule has 0 aromatic carbocycles. The van der Waals surface area contributed by atoms with Gasteiger partial charge in [-0.15, -0.1) is 0 Å². The molecule has 0 aliphatic heterocycles. The number of hydrogen-bond donors (Lipinski definition) is 0. The summed E-state index contributed by atoms with van der Waals surface area (Å²) >= 11 is 0. The average Bonchev–Trinajstić information content (AvgIpc) is 2.32. The van der Waals surface area contributed by atoms with Gasteiger partial charge < -0.3 is 0 Å². The summed E-state index contributed by atoms with van der Waals surface area (Å²) in [4.78, 5) is 0. The summed E-state index contributed by atoms with van der Waals surface area (Å²) in [6.07, 6.45) is 7.28. The van der Waals surface area contributed by atoms with Crippen molar-refractivity contribution < 1.29 is 0 Å². The van der Waals surface area contributed by atoms with E-state index in [4.69, 9.17) is 0 Å². The van der Waals surface area contributed by atoms with Crippen molar-refractivity contribution in [2.24, 2.45) is 17.3 Å². The van der Waals surface area contributed by atoms with E-state index in [1.807, 2.05) is 0 Å². The molecule has 0 saturated heterocycles. The summed E-state index contributed by atoms with van der Waals surface area (Å²) in [5.41, 5.74) is 0.694. The van der Waals surface area contributed by atoms with Crippen LogP contribution in [-0.2, 0) is 0 Å². The van der Waals surface area contributed by atoms with Gasteiger partial charge in [-0.1, -0.05) is 34.1 Å². The van der Waals surface area contributed by atoms with Gasteiger partial charge in [0.25, 0.3) is 0 Å². The van der Waals surface area contributed by atoms with Crippen molar-refractivity contribution in [2.75, 3.05) is 0 Å². The molecule has 0 radical (unpaired) electrons. The van der Waals surface area contributed by atoms with E-state index in [1.54, 1.807) is 0 Å². The molecular formula is C12H24. The predicted molar refractivity (Wildman–Crippen MR) is 55.2 cm³/mol. The van der Waals surface area contributed by atoms with Gasteiger partial charge >= 0.3 is 0 Å². The monoisotopic (exact) mass is 168 g/mol. The zero-order valence-electron chi connectivity index (χ0n) is 9.19. The molecule has 0 N–H and O–H groups in total. The molecule has 0 amide bonds. The van der Waals surface area contributed by atoms with Crippen molar-refractivity contribution in [1.82, 2.24) is 0 Å². The first-order chi connectivity index (χ1) is 5.56. The highest BCUT2D eigenvalue weighted by Gasteiger charge is 2.33. The van der Waals surface area contributed by atoms with Gasteiger partial charge in [-0.05, 0) is 42.9 Å². The molecule has 12 heavy (non-hydrogen) atoms. The lowest BCUT2D eigenvalue weighted by Gasteiger charge is -2.22. The van der Waals surface area contributed by atoms with Crippen molar-refractivity contribution in [2.45, 2.75) is 59.8 Å². The fourth-order valence-electron chi connectivity index (χ4n) is 2.64. The zero-order valence-corrected chi connectivity index (χ0v) is 9.19. The molecule has 1 rings (SSSR count). The topological polar surface area (TPSA) is 0 Å². The van der Waals surface area contributed by atoms with E-state index in [0.29, 0.717) is 5.41 Å². The second-order valence-corrected chi connectivity index (χ2v) is 5.40. The Morgan fingerprint density at radius 2 is 2.08 bits per heavy atom. The van der Waals surface area contributed by atoms with Crippen LogP contribution in [0.4, 0.5) is 0 Å². The third-order valence-corrected chi connectivity index (χ3v) is 3.60. The Labute approximate surface area is 77.7 Å². The molecule has 2 unspecified atom stereocenters. The minimum Gasteiger partial charge on any atom is -0.0649 e. The van der Waals surface area contributed by atoms with Crippen LogP contribution in [0.25, 0.3) is 0 Å². The van der Waals surface area contributed by atoms with Crippen LogP contribution in [0.2, 0.25) is 0 Å². The summed E-state index contributed by atoms with van der Waals surface area (Å²) in [5, 5.41) is 0. The Balaban J connectivity index is 2.35. The largest absolute Gasteiger partial charge is 0.0649 e. The van der Waals surface area contributed by atoms with Gasteiger partial charge in [0.05, 0.1) is 0 Å². The highest BCUT2D eigenvalue weighted by Crippen LogP contribution is 2.45. The Kier molecular flexibility index (Phi) is 3.20. The Morgan fingerprint density at radius 1 is 1.42 bits per heavy atom. The van der Waals surface area contributed by atoms with Crippen LogP contribution in [0, 0.1) is 17.3 Å². The first-order valence-electron chi connectivity index (χ1n) is 5.56. The van der Waals surface area contributed by atoms with E-state index in [-0.39, 0.29) is 0 Å². The van der Waals surface area contributed by atoms with Crippen LogP contribution in [0.5, 0.6) is 0 Å². The van der Waals surface area contributed by atoms with Gasteiger partial charge in [-0.2, -0.15) is 0 Å². The quantitative estimate of drug-likeness (QED) is 0.591. The second-order valence-electron chi connectivity index (χ2n) is 5.40. The maximum absolute atomic E-state index is 2.47. The summed E-state index contributed by atoms with van der Waals surface area (Å²) in [6, 6.07) is 0. The van der Waals surface area contributed by atoms with Crippen LogP contribution in [-0.4, -0.2) is 0 Å². The lowest BCUT2D eigenvalue weighted by molar-refractivity contribution is 0.295. The van der Waals surface area contributed by atoms with Gasteiger partial charge in [-0.25, -0.2) is 0 Å². The van der Waals surface area contributed by atoms with Gasteiger partial charge in [0, 0.05) is 0 Å². The van der Waals surface area contributed by atoms with Crippen molar-refractivity contribution in [1.29, 1.82) is 0 Å². The molecule has 72 valence electrons. The maximum Gasteiger partial charge on any atom is -0.0326 e.